The van der Waals surface area contributed by atoms with Crippen molar-refractivity contribution in [2.24, 2.45) is 5.73 Å². The molecule has 14 heavy (non-hydrogen) atoms. The minimum Gasteiger partial charge on any atom is -0.328 e. The lowest BCUT2D eigenvalue weighted by molar-refractivity contribution is 0.728. The number of thioether (sulfide) groups is 1. The summed E-state index contributed by atoms with van der Waals surface area (Å²) in [6.45, 7) is 6.37. The summed E-state index contributed by atoms with van der Waals surface area (Å²) >= 11 is 1.80. The molecule has 1 unspecified atom stereocenters. The molecule has 0 saturated carbocycles. The summed E-state index contributed by atoms with van der Waals surface area (Å²) in [5.41, 5.74) is 9.94. The number of hydrogen-bond donors (Lipinski definition) is 1. The van der Waals surface area contributed by atoms with E-state index in [0.29, 0.717) is 0 Å². The molecular weight excluding hydrogens is 190 g/mol. The standard InChI is InChI=1S/C12H19NS/c1-8-5-11(7-10(3)13)12(14-4)6-9(8)2/h5-6,10H,7,13H2,1-4H3. The molecule has 0 fully saturated rings. The summed E-state index contributed by atoms with van der Waals surface area (Å²) in [6, 6.07) is 4.77. The summed E-state index contributed by atoms with van der Waals surface area (Å²) in [6.07, 6.45) is 3.09. The quantitative estimate of drug-likeness (QED) is 0.775. The Hall–Kier alpha value is -0.470. The van der Waals surface area contributed by atoms with Crippen molar-refractivity contribution >= 4 is 11.8 Å². The number of rotatable bonds is 3. The Morgan fingerprint density at radius 2 is 1.86 bits per heavy atom. The number of nitrogens with two attached hydrogens (primary N) is 1. The van der Waals surface area contributed by atoms with E-state index in [1.54, 1.807) is 11.8 Å². The third kappa shape index (κ3) is 2.76. The van der Waals surface area contributed by atoms with Gasteiger partial charge < -0.3 is 5.73 Å². The van der Waals surface area contributed by atoms with Gasteiger partial charge in [-0.05, 0) is 56.2 Å². The molecule has 78 valence electrons. The van der Waals surface area contributed by atoms with Crippen LogP contribution in [0.15, 0.2) is 17.0 Å². The van der Waals surface area contributed by atoms with Crippen LogP contribution in [0.4, 0.5) is 0 Å². The van der Waals surface area contributed by atoms with E-state index < -0.39 is 0 Å². The third-order valence-electron chi connectivity index (χ3n) is 2.44. The molecule has 0 aromatic heterocycles. The molecule has 0 radical (unpaired) electrons. The molecule has 0 saturated heterocycles. The first kappa shape index (κ1) is 11.6. The van der Waals surface area contributed by atoms with E-state index in [0.717, 1.165) is 6.42 Å². The zero-order valence-corrected chi connectivity index (χ0v) is 10.2. The zero-order valence-electron chi connectivity index (χ0n) is 9.42. The van der Waals surface area contributed by atoms with Crippen LogP contribution in [-0.4, -0.2) is 12.3 Å². The summed E-state index contributed by atoms with van der Waals surface area (Å²) in [5, 5.41) is 0. The Morgan fingerprint density at radius 1 is 1.29 bits per heavy atom. The lowest BCUT2D eigenvalue weighted by Gasteiger charge is -2.12. The maximum atomic E-state index is 5.83. The van der Waals surface area contributed by atoms with Gasteiger partial charge in [-0.3, -0.25) is 0 Å². The smallest absolute Gasteiger partial charge is 0.0105 e. The second-order valence-electron chi connectivity index (χ2n) is 3.93. The van der Waals surface area contributed by atoms with Gasteiger partial charge in [0.1, 0.15) is 0 Å². The first-order valence-electron chi connectivity index (χ1n) is 4.94. The highest BCUT2D eigenvalue weighted by atomic mass is 32.2. The van der Waals surface area contributed by atoms with Crippen molar-refractivity contribution in [1.82, 2.24) is 0 Å². The molecule has 0 spiro atoms. The number of benzene rings is 1. The van der Waals surface area contributed by atoms with Crippen molar-refractivity contribution in [3.8, 4) is 0 Å². The molecule has 2 N–H and O–H groups in total. The van der Waals surface area contributed by atoms with Gasteiger partial charge in [0.2, 0.25) is 0 Å². The van der Waals surface area contributed by atoms with Gasteiger partial charge in [-0.2, -0.15) is 0 Å². The lowest BCUT2D eigenvalue weighted by atomic mass is 10.0. The summed E-state index contributed by atoms with van der Waals surface area (Å²) in [7, 11) is 0. The first-order valence-corrected chi connectivity index (χ1v) is 6.16. The van der Waals surface area contributed by atoms with Crippen LogP contribution in [0.1, 0.15) is 23.6 Å². The van der Waals surface area contributed by atoms with Crippen molar-refractivity contribution in [2.45, 2.75) is 38.1 Å². The van der Waals surface area contributed by atoms with Crippen LogP contribution in [0.25, 0.3) is 0 Å². The SMILES string of the molecule is CSc1cc(C)c(C)cc1CC(C)N. The van der Waals surface area contributed by atoms with Crippen LogP contribution < -0.4 is 5.73 Å². The van der Waals surface area contributed by atoms with Gasteiger partial charge >= 0.3 is 0 Å². The van der Waals surface area contributed by atoms with E-state index in [-0.39, 0.29) is 6.04 Å². The summed E-state index contributed by atoms with van der Waals surface area (Å²) in [4.78, 5) is 1.37. The van der Waals surface area contributed by atoms with Crippen molar-refractivity contribution in [3.63, 3.8) is 0 Å². The fraction of sp³-hybridized carbons (Fsp3) is 0.500. The van der Waals surface area contributed by atoms with Crippen molar-refractivity contribution in [1.29, 1.82) is 0 Å². The van der Waals surface area contributed by atoms with E-state index in [1.807, 2.05) is 0 Å². The average Bonchev–Trinajstić information content (AvgIpc) is 2.10. The Kier molecular flexibility index (Phi) is 4.02. The van der Waals surface area contributed by atoms with Crippen molar-refractivity contribution < 1.29 is 0 Å². The maximum absolute atomic E-state index is 5.83. The fourth-order valence-electron chi connectivity index (χ4n) is 1.55. The molecule has 0 heterocycles. The first-order chi connectivity index (χ1) is 6.54. The van der Waals surface area contributed by atoms with E-state index in [4.69, 9.17) is 5.73 Å². The molecule has 1 aromatic rings. The van der Waals surface area contributed by atoms with Gasteiger partial charge in [0.15, 0.2) is 0 Å². The highest BCUT2D eigenvalue weighted by Crippen LogP contribution is 2.25. The van der Waals surface area contributed by atoms with Crippen LogP contribution in [-0.2, 0) is 6.42 Å². The van der Waals surface area contributed by atoms with Gasteiger partial charge in [-0.25, -0.2) is 0 Å². The normalized spacial score (nSPS) is 12.9. The predicted octanol–water partition coefficient (Wildman–Crippen LogP) is 2.92. The van der Waals surface area contributed by atoms with E-state index in [1.165, 1.54) is 21.6 Å². The van der Waals surface area contributed by atoms with Crippen molar-refractivity contribution in [2.75, 3.05) is 6.26 Å². The zero-order chi connectivity index (χ0) is 10.7. The number of hydrogen-bond acceptors (Lipinski definition) is 2. The molecule has 0 aliphatic rings. The molecule has 0 aliphatic carbocycles. The van der Waals surface area contributed by atoms with E-state index in [2.05, 4.69) is 39.2 Å². The van der Waals surface area contributed by atoms with Gasteiger partial charge in [0.05, 0.1) is 0 Å². The molecule has 0 amide bonds. The van der Waals surface area contributed by atoms with Crippen LogP contribution >= 0.6 is 11.8 Å². The van der Waals surface area contributed by atoms with E-state index >= 15 is 0 Å². The highest BCUT2D eigenvalue weighted by Gasteiger charge is 2.06. The molecule has 0 bridgehead atoms. The topological polar surface area (TPSA) is 26.0 Å². The second-order valence-corrected chi connectivity index (χ2v) is 4.78. The van der Waals surface area contributed by atoms with Gasteiger partial charge in [-0.1, -0.05) is 6.07 Å². The third-order valence-corrected chi connectivity index (χ3v) is 3.26. The summed E-state index contributed by atoms with van der Waals surface area (Å²) < 4.78 is 0. The molecule has 0 aliphatic heterocycles. The Labute approximate surface area is 91.1 Å². The minimum atomic E-state index is 0.239. The fourth-order valence-corrected chi connectivity index (χ4v) is 2.24. The van der Waals surface area contributed by atoms with Crippen LogP contribution in [0.5, 0.6) is 0 Å². The van der Waals surface area contributed by atoms with Crippen LogP contribution in [0, 0.1) is 13.8 Å². The molecule has 1 nitrogen and oxygen atoms in total. The minimum absolute atomic E-state index is 0.239. The Balaban J connectivity index is 3.07. The molecular formula is C12H19NS. The highest BCUT2D eigenvalue weighted by molar-refractivity contribution is 7.98. The molecule has 1 rings (SSSR count). The van der Waals surface area contributed by atoms with Gasteiger partial charge in [0, 0.05) is 10.9 Å². The lowest BCUT2D eigenvalue weighted by Crippen LogP contribution is -2.18. The average molecular weight is 209 g/mol. The molecule has 1 atom stereocenters. The van der Waals surface area contributed by atoms with E-state index in [9.17, 15) is 0 Å². The molecule has 2 heteroatoms. The molecule has 1 aromatic carbocycles. The summed E-state index contributed by atoms with van der Waals surface area (Å²) in [5.74, 6) is 0. The monoisotopic (exact) mass is 209 g/mol. The second kappa shape index (κ2) is 4.85. The van der Waals surface area contributed by atoms with Gasteiger partial charge in [-0.15, -0.1) is 11.8 Å². The predicted molar refractivity (Wildman–Crippen MR) is 65.1 cm³/mol. The Morgan fingerprint density at radius 3 is 2.36 bits per heavy atom. The largest absolute Gasteiger partial charge is 0.328 e. The Bertz CT molecular complexity index is 318. The maximum Gasteiger partial charge on any atom is 0.0105 e. The van der Waals surface area contributed by atoms with Gasteiger partial charge in [0.25, 0.3) is 0 Å². The van der Waals surface area contributed by atoms with Crippen LogP contribution in [0.3, 0.4) is 0 Å². The van der Waals surface area contributed by atoms with Crippen molar-refractivity contribution in [3.05, 3.63) is 28.8 Å². The van der Waals surface area contributed by atoms with Crippen LogP contribution in [0.2, 0.25) is 0 Å². The number of aryl methyl sites for hydroxylation is 2.